The standard InChI is InChI=1S/C21H31N3O4/c1-5-28-17-7-6-16(12-18(17)27-4)13-23(3)14-24-19(25)21(22-20(24)26)10-8-15(2)9-11-21/h6-7,12,15H,5,8-11,13-14H2,1-4H3,(H,22,26). The van der Waals surface area contributed by atoms with Crippen LogP contribution in [0.1, 0.15) is 45.1 Å². The first-order valence-corrected chi connectivity index (χ1v) is 10.0. The molecule has 7 nitrogen and oxygen atoms in total. The van der Waals surface area contributed by atoms with Crippen LogP contribution in [-0.2, 0) is 11.3 Å². The zero-order valence-electron chi connectivity index (χ0n) is 17.3. The number of hydrogen-bond donors (Lipinski definition) is 1. The third kappa shape index (κ3) is 4.09. The second kappa shape index (κ2) is 8.39. The maximum Gasteiger partial charge on any atom is 0.326 e. The van der Waals surface area contributed by atoms with Crippen LogP contribution in [0.5, 0.6) is 11.5 Å². The fourth-order valence-corrected chi connectivity index (χ4v) is 4.09. The molecule has 154 valence electrons. The highest BCUT2D eigenvalue weighted by Crippen LogP contribution is 2.36. The van der Waals surface area contributed by atoms with E-state index in [0.717, 1.165) is 31.2 Å². The van der Waals surface area contributed by atoms with Crippen molar-refractivity contribution in [3.05, 3.63) is 23.8 Å². The van der Waals surface area contributed by atoms with Crippen LogP contribution in [-0.4, -0.2) is 54.7 Å². The van der Waals surface area contributed by atoms with E-state index in [2.05, 4.69) is 12.2 Å². The molecule has 0 unspecified atom stereocenters. The molecule has 1 spiro atoms. The number of imide groups is 1. The first-order valence-electron chi connectivity index (χ1n) is 10.0. The summed E-state index contributed by atoms with van der Waals surface area (Å²) in [6.07, 6.45) is 3.41. The Labute approximate surface area is 167 Å². The Bertz CT molecular complexity index is 728. The SMILES string of the molecule is CCOc1ccc(CN(C)CN2C(=O)NC3(CCC(C)CC3)C2=O)cc1OC. The highest BCUT2D eigenvalue weighted by Gasteiger charge is 2.52. The van der Waals surface area contributed by atoms with Gasteiger partial charge in [-0.15, -0.1) is 0 Å². The van der Waals surface area contributed by atoms with Gasteiger partial charge in [0.05, 0.1) is 20.4 Å². The lowest BCUT2D eigenvalue weighted by Crippen LogP contribution is -2.49. The molecule has 0 bridgehead atoms. The Morgan fingerprint density at radius 1 is 1.25 bits per heavy atom. The highest BCUT2D eigenvalue weighted by atomic mass is 16.5. The van der Waals surface area contributed by atoms with Gasteiger partial charge >= 0.3 is 6.03 Å². The largest absolute Gasteiger partial charge is 0.493 e. The molecule has 7 heteroatoms. The number of nitrogens with zero attached hydrogens (tertiary/aromatic N) is 2. The van der Waals surface area contributed by atoms with Crippen LogP contribution in [0, 0.1) is 5.92 Å². The minimum Gasteiger partial charge on any atom is -0.493 e. The van der Waals surface area contributed by atoms with Gasteiger partial charge < -0.3 is 14.8 Å². The fourth-order valence-electron chi connectivity index (χ4n) is 4.09. The minimum atomic E-state index is -0.688. The molecular formula is C21H31N3O4. The summed E-state index contributed by atoms with van der Waals surface area (Å²) in [4.78, 5) is 28.8. The number of urea groups is 1. The van der Waals surface area contributed by atoms with Crippen LogP contribution in [0.3, 0.4) is 0 Å². The second-order valence-electron chi connectivity index (χ2n) is 8.00. The summed E-state index contributed by atoms with van der Waals surface area (Å²) < 4.78 is 10.9. The summed E-state index contributed by atoms with van der Waals surface area (Å²) in [6.45, 7) is 5.55. The first kappa shape index (κ1) is 20.5. The van der Waals surface area contributed by atoms with E-state index in [1.54, 1.807) is 7.11 Å². The van der Waals surface area contributed by atoms with E-state index in [0.29, 0.717) is 30.6 Å². The number of methoxy groups -OCH3 is 1. The summed E-state index contributed by atoms with van der Waals surface area (Å²) >= 11 is 0. The maximum absolute atomic E-state index is 13.0. The van der Waals surface area contributed by atoms with Crippen molar-refractivity contribution in [2.75, 3.05) is 27.4 Å². The number of carbonyl (C=O) groups is 2. The Balaban J connectivity index is 1.64. The average Bonchev–Trinajstić information content (AvgIpc) is 2.90. The van der Waals surface area contributed by atoms with E-state index in [4.69, 9.17) is 9.47 Å². The molecule has 1 heterocycles. The number of hydrogen-bond acceptors (Lipinski definition) is 5. The highest BCUT2D eigenvalue weighted by molar-refractivity contribution is 6.07. The van der Waals surface area contributed by atoms with Crippen LogP contribution in [0.2, 0.25) is 0 Å². The van der Waals surface area contributed by atoms with E-state index in [-0.39, 0.29) is 18.6 Å². The lowest BCUT2D eigenvalue weighted by molar-refractivity contribution is -0.134. The summed E-state index contributed by atoms with van der Waals surface area (Å²) in [6, 6.07) is 5.50. The molecule has 1 aromatic rings. The molecule has 1 aliphatic heterocycles. The van der Waals surface area contributed by atoms with Crippen LogP contribution in [0.25, 0.3) is 0 Å². The van der Waals surface area contributed by atoms with Crippen molar-refractivity contribution in [1.82, 2.24) is 15.1 Å². The van der Waals surface area contributed by atoms with E-state index in [1.165, 1.54) is 4.90 Å². The number of benzene rings is 1. The van der Waals surface area contributed by atoms with Crippen molar-refractivity contribution >= 4 is 11.9 Å². The van der Waals surface area contributed by atoms with Gasteiger partial charge in [0.2, 0.25) is 0 Å². The van der Waals surface area contributed by atoms with E-state index in [1.807, 2.05) is 37.1 Å². The van der Waals surface area contributed by atoms with Crippen LogP contribution in [0.15, 0.2) is 18.2 Å². The molecule has 1 saturated heterocycles. The summed E-state index contributed by atoms with van der Waals surface area (Å²) in [5, 5.41) is 2.97. The number of ether oxygens (including phenoxy) is 2. The molecule has 1 aromatic carbocycles. The molecule has 0 atom stereocenters. The normalized spacial score (nSPS) is 24.8. The van der Waals surface area contributed by atoms with Gasteiger partial charge in [0, 0.05) is 6.54 Å². The molecule has 0 aromatic heterocycles. The van der Waals surface area contributed by atoms with Crippen molar-refractivity contribution in [1.29, 1.82) is 0 Å². The molecule has 2 fully saturated rings. The van der Waals surface area contributed by atoms with E-state index in [9.17, 15) is 9.59 Å². The summed E-state index contributed by atoms with van der Waals surface area (Å²) in [5.74, 6) is 1.92. The Kier molecular flexibility index (Phi) is 6.13. The van der Waals surface area contributed by atoms with Crippen molar-refractivity contribution in [3.63, 3.8) is 0 Å². The molecule has 0 radical (unpaired) electrons. The third-order valence-electron chi connectivity index (χ3n) is 5.74. The van der Waals surface area contributed by atoms with Crippen LogP contribution >= 0.6 is 0 Å². The molecular weight excluding hydrogens is 358 g/mol. The van der Waals surface area contributed by atoms with Crippen molar-refractivity contribution < 1.29 is 19.1 Å². The second-order valence-corrected chi connectivity index (χ2v) is 8.00. The lowest BCUT2D eigenvalue weighted by atomic mass is 9.77. The average molecular weight is 389 g/mol. The quantitative estimate of drug-likeness (QED) is 0.726. The molecule has 3 rings (SSSR count). The van der Waals surface area contributed by atoms with Gasteiger partial charge in [-0.1, -0.05) is 13.0 Å². The van der Waals surface area contributed by atoms with Crippen molar-refractivity contribution in [2.24, 2.45) is 5.92 Å². The van der Waals surface area contributed by atoms with Crippen LogP contribution < -0.4 is 14.8 Å². The van der Waals surface area contributed by atoms with E-state index < -0.39 is 5.54 Å². The van der Waals surface area contributed by atoms with Crippen molar-refractivity contribution in [2.45, 2.75) is 51.6 Å². The Morgan fingerprint density at radius 2 is 1.96 bits per heavy atom. The van der Waals surface area contributed by atoms with Gasteiger partial charge in [0.1, 0.15) is 5.54 Å². The molecule has 1 saturated carbocycles. The van der Waals surface area contributed by atoms with Gasteiger partial charge in [-0.2, -0.15) is 0 Å². The number of rotatable bonds is 7. The number of nitrogens with one attached hydrogen (secondary N) is 1. The van der Waals surface area contributed by atoms with Gasteiger partial charge in [-0.25, -0.2) is 9.69 Å². The third-order valence-corrected chi connectivity index (χ3v) is 5.74. The lowest BCUT2D eigenvalue weighted by Gasteiger charge is -2.33. The predicted molar refractivity (Wildman–Crippen MR) is 106 cm³/mol. The molecule has 28 heavy (non-hydrogen) atoms. The number of amides is 3. The Hall–Kier alpha value is -2.28. The molecule has 1 N–H and O–H groups in total. The van der Waals surface area contributed by atoms with Gasteiger partial charge in [0.15, 0.2) is 11.5 Å². The monoisotopic (exact) mass is 389 g/mol. The van der Waals surface area contributed by atoms with Crippen LogP contribution in [0.4, 0.5) is 4.79 Å². The molecule has 2 aliphatic rings. The van der Waals surface area contributed by atoms with Gasteiger partial charge in [0.25, 0.3) is 5.91 Å². The zero-order valence-corrected chi connectivity index (χ0v) is 17.3. The van der Waals surface area contributed by atoms with Crippen molar-refractivity contribution in [3.8, 4) is 11.5 Å². The smallest absolute Gasteiger partial charge is 0.326 e. The Morgan fingerprint density at radius 3 is 2.61 bits per heavy atom. The summed E-state index contributed by atoms with van der Waals surface area (Å²) in [5.41, 5.74) is 0.336. The maximum atomic E-state index is 13.0. The molecule has 3 amide bonds. The van der Waals surface area contributed by atoms with E-state index >= 15 is 0 Å². The molecule has 1 aliphatic carbocycles. The van der Waals surface area contributed by atoms with Gasteiger partial charge in [-0.3, -0.25) is 9.69 Å². The predicted octanol–water partition coefficient (Wildman–Crippen LogP) is 2.98. The number of carbonyl (C=O) groups excluding carboxylic acids is 2. The zero-order chi connectivity index (χ0) is 20.3. The summed E-state index contributed by atoms with van der Waals surface area (Å²) in [7, 11) is 3.51. The van der Waals surface area contributed by atoms with Gasteiger partial charge in [-0.05, 0) is 63.3 Å². The minimum absolute atomic E-state index is 0.0828. The topological polar surface area (TPSA) is 71.1 Å². The fraction of sp³-hybridized carbons (Fsp3) is 0.619. The first-order chi connectivity index (χ1) is 13.4.